The molecule has 3 aromatic rings. The third kappa shape index (κ3) is 6.11. The third-order valence-electron chi connectivity index (χ3n) is 5.32. The second-order valence-electron chi connectivity index (χ2n) is 7.83. The van der Waals surface area contributed by atoms with E-state index in [0.29, 0.717) is 22.9 Å². The van der Waals surface area contributed by atoms with Crippen LogP contribution >= 0.6 is 11.8 Å². The molecule has 0 bridgehead atoms. The van der Waals surface area contributed by atoms with Gasteiger partial charge in [-0.15, -0.1) is 0 Å². The van der Waals surface area contributed by atoms with Crippen LogP contribution in [0.1, 0.15) is 42.4 Å². The Morgan fingerprint density at radius 1 is 1.09 bits per heavy atom. The summed E-state index contributed by atoms with van der Waals surface area (Å²) in [7, 11) is 0. The molecule has 0 spiro atoms. The number of aliphatic hydroxyl groups excluding tert-OH is 1. The minimum atomic E-state index is -0.589. The van der Waals surface area contributed by atoms with E-state index >= 15 is 0 Å². The zero-order chi connectivity index (χ0) is 23.2. The lowest BCUT2D eigenvalue weighted by Crippen LogP contribution is -2.32. The quantitative estimate of drug-likeness (QED) is 0.309. The summed E-state index contributed by atoms with van der Waals surface area (Å²) in [5.74, 6) is 0.467. The molecule has 7 nitrogen and oxygen atoms in total. The first-order chi connectivity index (χ1) is 16.0. The fourth-order valence-electron chi connectivity index (χ4n) is 3.65. The van der Waals surface area contributed by atoms with Gasteiger partial charge < -0.3 is 25.1 Å². The number of hydrogen-bond donors (Lipinski definition) is 2. The van der Waals surface area contributed by atoms with Crippen LogP contribution in [-0.2, 0) is 20.9 Å². The zero-order valence-electron chi connectivity index (χ0n) is 18.2. The first kappa shape index (κ1) is 23.3. The van der Waals surface area contributed by atoms with Crippen LogP contribution in [0.15, 0.2) is 78.0 Å². The fraction of sp³-hybridized carbons (Fsp3) is 0.280. The van der Waals surface area contributed by atoms with Crippen molar-refractivity contribution in [3.63, 3.8) is 0 Å². The Morgan fingerprint density at radius 2 is 1.82 bits per heavy atom. The predicted molar refractivity (Wildman–Crippen MR) is 125 cm³/mol. The molecule has 4 rings (SSSR count). The second-order valence-corrected chi connectivity index (χ2v) is 8.87. The van der Waals surface area contributed by atoms with E-state index in [4.69, 9.17) is 9.47 Å². The maximum Gasteiger partial charge on any atom is 0.251 e. The molecule has 1 fully saturated rings. The molecule has 1 aliphatic heterocycles. The van der Waals surface area contributed by atoms with Gasteiger partial charge in [-0.1, -0.05) is 48.2 Å². The summed E-state index contributed by atoms with van der Waals surface area (Å²) in [6.07, 6.45) is 1.18. The van der Waals surface area contributed by atoms with Gasteiger partial charge in [0.1, 0.15) is 0 Å². The summed E-state index contributed by atoms with van der Waals surface area (Å²) in [5.41, 5.74) is 3.39. The van der Waals surface area contributed by atoms with Crippen molar-refractivity contribution < 1.29 is 24.1 Å². The highest BCUT2D eigenvalue weighted by Gasteiger charge is 2.32. The molecule has 2 aromatic carbocycles. The molecule has 1 aromatic heterocycles. The van der Waals surface area contributed by atoms with Gasteiger partial charge in [0.15, 0.2) is 12.5 Å². The van der Waals surface area contributed by atoms with E-state index in [0.717, 1.165) is 21.4 Å². The molecule has 0 saturated carbocycles. The number of hydrogen-bond acceptors (Lipinski definition) is 6. The maximum absolute atomic E-state index is 12.0. The van der Waals surface area contributed by atoms with Crippen molar-refractivity contribution in [3.05, 3.63) is 94.8 Å². The molecule has 2 N–H and O–H groups in total. The lowest BCUT2D eigenvalue weighted by molar-refractivity contribution is -0.645. The number of thioether (sulfide) groups is 1. The molecule has 0 aliphatic carbocycles. The van der Waals surface area contributed by atoms with E-state index in [9.17, 15) is 15.1 Å². The minimum Gasteiger partial charge on any atom is -0.618 e. The molecule has 1 aliphatic rings. The number of rotatable bonds is 7. The van der Waals surface area contributed by atoms with Crippen LogP contribution in [0, 0.1) is 5.21 Å². The lowest BCUT2D eigenvalue weighted by atomic mass is 10.0. The molecule has 1 amide bonds. The van der Waals surface area contributed by atoms with Gasteiger partial charge in [-0.05, 0) is 29.3 Å². The molecular weight excluding hydrogens is 440 g/mol. The van der Waals surface area contributed by atoms with Crippen molar-refractivity contribution in [2.75, 3.05) is 11.1 Å². The Hall–Kier alpha value is -2.91. The maximum atomic E-state index is 12.0. The Bertz CT molecular complexity index is 1070. The average molecular weight is 467 g/mol. The lowest BCUT2D eigenvalue weighted by Gasteiger charge is -2.36. The van der Waals surface area contributed by atoms with Crippen molar-refractivity contribution in [3.8, 4) is 0 Å². The number of nitrogens with zero attached hydrogens (tertiary/aromatic N) is 1. The largest absolute Gasteiger partial charge is 0.618 e. The van der Waals surface area contributed by atoms with Gasteiger partial charge in [-0.3, -0.25) is 4.79 Å². The van der Waals surface area contributed by atoms with Crippen LogP contribution < -0.4 is 10.0 Å². The topological polar surface area (TPSA) is 94.7 Å². The van der Waals surface area contributed by atoms with Gasteiger partial charge in [0.2, 0.25) is 5.91 Å². The van der Waals surface area contributed by atoms with Crippen LogP contribution in [0.4, 0.5) is 5.69 Å². The standard InChI is InChI=1S/C25H26N2O5S/c1-17(29)26-21-11-9-20(10-12-21)25-31-22(16-33-24-4-2-3-13-27(24)30)14-23(32-25)19-7-5-18(15-28)6-8-19/h2-13,22-23,25,28H,14-16H2,1H3,(H,26,29)/t22-,23+,25+/m0/s1. The van der Waals surface area contributed by atoms with E-state index in [-0.39, 0.29) is 24.7 Å². The number of ether oxygens (including phenoxy) is 2. The highest BCUT2D eigenvalue weighted by molar-refractivity contribution is 7.99. The molecule has 172 valence electrons. The Labute approximate surface area is 196 Å². The number of aliphatic hydroxyl groups is 1. The molecular formula is C25H26N2O5S. The Kier molecular flexibility index (Phi) is 7.61. The first-order valence-corrected chi connectivity index (χ1v) is 11.7. The van der Waals surface area contributed by atoms with Gasteiger partial charge in [0.25, 0.3) is 5.03 Å². The van der Waals surface area contributed by atoms with Gasteiger partial charge in [-0.25, -0.2) is 0 Å². The number of anilines is 1. The van der Waals surface area contributed by atoms with Crippen LogP contribution in [0.2, 0.25) is 0 Å². The summed E-state index contributed by atoms with van der Waals surface area (Å²) < 4.78 is 13.4. The molecule has 0 unspecified atom stereocenters. The van der Waals surface area contributed by atoms with E-state index in [1.54, 1.807) is 12.1 Å². The second kappa shape index (κ2) is 10.8. The monoisotopic (exact) mass is 466 g/mol. The number of benzene rings is 2. The van der Waals surface area contributed by atoms with E-state index in [1.807, 2.05) is 54.6 Å². The Balaban J connectivity index is 1.53. The molecule has 3 atom stereocenters. The SMILES string of the molecule is CC(=O)Nc1ccc([C@@H]2O[C@H](CSc3cccc[n+]3[O-])C[C@H](c3ccc(CO)cc3)O2)cc1. The number of aromatic nitrogens is 1. The number of carbonyl (C=O) groups excluding carboxylic acids is 1. The number of nitrogens with one attached hydrogen (secondary N) is 1. The van der Waals surface area contributed by atoms with Crippen LogP contribution in [-0.4, -0.2) is 22.9 Å². The molecule has 1 saturated heterocycles. The molecule has 2 heterocycles. The van der Waals surface area contributed by atoms with Crippen molar-refractivity contribution in [1.82, 2.24) is 0 Å². The van der Waals surface area contributed by atoms with Gasteiger partial charge in [0, 0.05) is 42.5 Å². The molecule has 0 radical (unpaired) electrons. The van der Waals surface area contributed by atoms with Crippen molar-refractivity contribution >= 4 is 23.4 Å². The summed E-state index contributed by atoms with van der Waals surface area (Å²) >= 11 is 1.45. The van der Waals surface area contributed by atoms with E-state index < -0.39 is 6.29 Å². The summed E-state index contributed by atoms with van der Waals surface area (Å²) in [6.45, 7) is 1.46. The normalized spacial score (nSPS) is 20.4. The number of pyridine rings is 1. The highest BCUT2D eigenvalue weighted by Crippen LogP contribution is 2.39. The van der Waals surface area contributed by atoms with Gasteiger partial charge in [0.05, 0.1) is 18.8 Å². The summed E-state index contributed by atoms with van der Waals surface area (Å²) in [5, 5.41) is 24.7. The van der Waals surface area contributed by atoms with Crippen molar-refractivity contribution in [2.24, 2.45) is 0 Å². The average Bonchev–Trinajstić information content (AvgIpc) is 2.83. The first-order valence-electron chi connectivity index (χ1n) is 10.7. The van der Waals surface area contributed by atoms with Crippen LogP contribution in [0.3, 0.4) is 0 Å². The van der Waals surface area contributed by atoms with Crippen LogP contribution in [0.5, 0.6) is 0 Å². The predicted octanol–water partition coefficient (Wildman–Crippen LogP) is 4.11. The van der Waals surface area contributed by atoms with Gasteiger partial charge in [-0.2, -0.15) is 4.73 Å². The number of carbonyl (C=O) groups is 1. The number of amides is 1. The minimum absolute atomic E-state index is 0.0102. The summed E-state index contributed by atoms with van der Waals surface area (Å²) in [6, 6.07) is 20.4. The smallest absolute Gasteiger partial charge is 0.251 e. The summed E-state index contributed by atoms with van der Waals surface area (Å²) in [4.78, 5) is 11.3. The molecule has 8 heteroatoms. The van der Waals surface area contributed by atoms with E-state index in [2.05, 4.69) is 5.32 Å². The third-order valence-corrected chi connectivity index (χ3v) is 6.47. The Morgan fingerprint density at radius 3 is 2.48 bits per heavy atom. The van der Waals surface area contributed by atoms with Crippen molar-refractivity contribution in [2.45, 2.75) is 43.5 Å². The highest BCUT2D eigenvalue weighted by atomic mass is 32.2. The van der Waals surface area contributed by atoms with Crippen molar-refractivity contribution in [1.29, 1.82) is 0 Å². The van der Waals surface area contributed by atoms with E-state index in [1.165, 1.54) is 24.9 Å². The zero-order valence-corrected chi connectivity index (χ0v) is 19.0. The van der Waals surface area contributed by atoms with Crippen LogP contribution in [0.25, 0.3) is 0 Å². The molecule has 33 heavy (non-hydrogen) atoms. The fourth-order valence-corrected chi connectivity index (χ4v) is 4.59. The van der Waals surface area contributed by atoms with Gasteiger partial charge >= 0.3 is 0 Å².